The Morgan fingerprint density at radius 2 is 1.76 bits per heavy atom. The third kappa shape index (κ3) is 12.1. The normalized spacial score (nSPS) is 20.3. The van der Waals surface area contributed by atoms with Crippen LogP contribution in [-0.4, -0.2) is 87.8 Å². The molecule has 0 bridgehead atoms. The number of carbonyl (C=O) groups excluding carboxylic acids is 4. The van der Waals surface area contributed by atoms with Crippen molar-refractivity contribution >= 4 is 44.9 Å². The molecule has 1 aliphatic carbocycles. The summed E-state index contributed by atoms with van der Waals surface area (Å²) in [7, 11) is -4.60. The van der Waals surface area contributed by atoms with Crippen molar-refractivity contribution in [2.24, 2.45) is 11.3 Å². The molecule has 15 nitrogen and oxygen atoms in total. The number of nitrogens with one attached hydrogen (secondary N) is 3. The maximum absolute atomic E-state index is 14.6. The Kier molecular flexibility index (Phi) is 14.0. The molecule has 5 atom stereocenters. The monoisotopic (exact) mass is 954 g/mol. The standard InChI is InChI=1S/C38H52F3IN5O10S/c1-11-22(3)37(12-2,32(50)46-58(52,53)57-36(10)16-17-36)45-29(48)27-20-24(21-47(27)31(49)28(34(4,5)6)44-33(51)55-35(7,8)9)42-56-30-26-14-13-25(54-38(39,40)41)19-23(26)15-18-43-30/h12-15,18-19,22,24,27-28H,2,11,16-17,20-21H2,1,3-10H3,(H,44,51)(H,45,48)(H,46,50)/q-1/t22-,24-,27-,28+,37+/m0/s1. The molecule has 2 heterocycles. The first-order valence-electron chi connectivity index (χ1n) is 18.6. The van der Waals surface area contributed by atoms with Gasteiger partial charge in [-0.2, -0.15) is 0 Å². The first-order valence-corrected chi connectivity index (χ1v) is 22.1. The van der Waals surface area contributed by atoms with Crippen LogP contribution in [0.3, 0.4) is 0 Å². The number of hydrogen-bond acceptors (Lipinski definition) is 11. The van der Waals surface area contributed by atoms with Crippen LogP contribution in [0.4, 0.5) is 18.0 Å². The molecule has 4 amide bonds. The molecule has 0 unspecified atom stereocenters. The second kappa shape index (κ2) is 17.4. The van der Waals surface area contributed by atoms with Crippen LogP contribution in [0.15, 0.2) is 43.1 Å². The zero-order valence-electron chi connectivity index (χ0n) is 33.9. The molecular formula is C38H52F3IN5O10S-. The van der Waals surface area contributed by atoms with Gasteiger partial charge in [0.25, 0.3) is 0 Å². The van der Waals surface area contributed by atoms with Gasteiger partial charge in [-0.3, -0.25) is 0 Å². The molecule has 3 N–H and O–H groups in total. The average Bonchev–Trinajstić information content (AvgIpc) is 3.63. The van der Waals surface area contributed by atoms with Gasteiger partial charge in [0.15, 0.2) is 0 Å². The fourth-order valence-corrected chi connectivity index (χ4v) is 9.53. The molecular weight excluding hydrogens is 902 g/mol. The summed E-state index contributed by atoms with van der Waals surface area (Å²) >= 11 is -1.40. The molecule has 2 aliphatic rings. The molecule has 2 aromatic rings. The molecule has 20 heteroatoms. The number of benzene rings is 1. The first kappa shape index (κ1) is 46.8. The van der Waals surface area contributed by atoms with Gasteiger partial charge in [-0.05, 0) is 0 Å². The third-order valence-corrected chi connectivity index (χ3v) is 13.0. The van der Waals surface area contributed by atoms with Gasteiger partial charge in [0, 0.05) is 0 Å². The minimum absolute atomic E-state index is 0.0254. The Bertz CT molecular complexity index is 2000. The number of alkyl halides is 4. The van der Waals surface area contributed by atoms with E-state index in [2.05, 4.69) is 26.9 Å². The van der Waals surface area contributed by atoms with Gasteiger partial charge in [0.1, 0.15) is 0 Å². The first-order chi connectivity index (χ1) is 26.6. The number of hydrogen-bond donors (Lipinski definition) is 3. The molecule has 0 radical (unpaired) electrons. The molecule has 1 saturated heterocycles. The maximum atomic E-state index is 14.6. The van der Waals surface area contributed by atoms with Gasteiger partial charge in [0.2, 0.25) is 0 Å². The fraction of sp³-hybridized carbons (Fsp3) is 0.605. The van der Waals surface area contributed by atoms with Gasteiger partial charge in [0.05, 0.1) is 0 Å². The van der Waals surface area contributed by atoms with Gasteiger partial charge in [-0.1, -0.05) is 0 Å². The van der Waals surface area contributed by atoms with Crippen molar-refractivity contribution in [3.05, 3.63) is 43.1 Å². The van der Waals surface area contributed by atoms with E-state index in [1.807, 2.05) is 4.72 Å². The van der Waals surface area contributed by atoms with Crippen LogP contribution >= 0.6 is 0 Å². The number of alkyl carbamates (subject to hydrolysis) is 1. The minimum atomic E-state index is -4.89. The average molecular weight is 955 g/mol. The number of halogens is 4. The quantitative estimate of drug-likeness (QED) is 0.135. The van der Waals surface area contributed by atoms with Crippen molar-refractivity contribution < 1.29 is 79.1 Å². The summed E-state index contributed by atoms with van der Waals surface area (Å²) < 4.78 is 86.8. The van der Waals surface area contributed by atoms with Gasteiger partial charge < -0.3 is 0 Å². The number of pyridine rings is 1. The molecule has 4 rings (SSSR count). The van der Waals surface area contributed by atoms with Crippen LogP contribution in [0.25, 0.3) is 10.8 Å². The molecule has 58 heavy (non-hydrogen) atoms. The van der Waals surface area contributed by atoms with Crippen molar-refractivity contribution in [2.75, 3.05) is 6.54 Å². The molecule has 1 aliphatic heterocycles. The summed E-state index contributed by atoms with van der Waals surface area (Å²) in [5, 5.41) is 6.14. The van der Waals surface area contributed by atoms with E-state index in [9.17, 15) is 40.8 Å². The Labute approximate surface area is 347 Å². The second-order valence-corrected chi connectivity index (χ2v) is 20.8. The van der Waals surface area contributed by atoms with Crippen molar-refractivity contribution in [1.29, 1.82) is 0 Å². The van der Waals surface area contributed by atoms with Crippen LogP contribution < -0.4 is 44.8 Å². The van der Waals surface area contributed by atoms with E-state index < -0.39 is 112 Å². The van der Waals surface area contributed by atoms with E-state index in [1.165, 1.54) is 29.3 Å². The van der Waals surface area contributed by atoms with Crippen LogP contribution in [0, 0.1) is 11.3 Å². The van der Waals surface area contributed by atoms with Crippen molar-refractivity contribution in [3.63, 3.8) is 0 Å². The van der Waals surface area contributed by atoms with E-state index >= 15 is 0 Å². The number of ether oxygens (including phenoxy) is 2. The Hall–Kier alpha value is -3.92. The topological polar surface area (TPSA) is 192 Å². The SMILES string of the molecule is C=C[C@](NC(=O)[C@@H]1C[C@H]([I-]Oc2nccc3cc(OC(F)(F)F)ccc23)CN1C(=O)[C@@H](NC(=O)OC(C)(C)C)C(C)(C)C)(C(=O)NS(=O)(=O)OC1(C)CC1)[C@@H](C)CC. The van der Waals surface area contributed by atoms with E-state index in [1.54, 1.807) is 62.3 Å². The summed E-state index contributed by atoms with van der Waals surface area (Å²) in [4.78, 5) is 61.5. The summed E-state index contributed by atoms with van der Waals surface area (Å²) in [6.45, 7) is 18.9. The van der Waals surface area contributed by atoms with Crippen LogP contribution in [0.2, 0.25) is 0 Å². The number of nitrogens with zero attached hydrogens (tertiary/aromatic N) is 2. The van der Waals surface area contributed by atoms with Gasteiger partial charge in [-0.25, -0.2) is 0 Å². The molecule has 1 aromatic carbocycles. The molecule has 324 valence electrons. The zero-order valence-corrected chi connectivity index (χ0v) is 36.9. The number of likely N-dealkylation sites (tertiary alicyclic amines) is 1. The second-order valence-electron chi connectivity index (χ2n) is 16.8. The van der Waals surface area contributed by atoms with Crippen molar-refractivity contribution in [3.8, 4) is 11.6 Å². The van der Waals surface area contributed by atoms with Crippen LogP contribution in [0.5, 0.6) is 11.6 Å². The predicted octanol–water partition coefficient (Wildman–Crippen LogP) is 2.44. The summed E-state index contributed by atoms with van der Waals surface area (Å²) in [6.07, 6.45) is -1.97. The number of amides is 4. The van der Waals surface area contributed by atoms with E-state index in [0.717, 1.165) is 12.1 Å². The number of rotatable bonds is 15. The Balaban J connectivity index is 1.67. The Morgan fingerprint density at radius 1 is 1.10 bits per heavy atom. The summed E-state index contributed by atoms with van der Waals surface area (Å²) in [5.74, 6) is -3.54. The number of fused-ring (bicyclic) bond motifs is 1. The molecule has 0 spiro atoms. The van der Waals surface area contributed by atoms with Crippen molar-refractivity contribution in [1.82, 2.24) is 25.2 Å². The third-order valence-electron chi connectivity index (χ3n) is 9.69. The molecule has 2 fully saturated rings. The molecule has 1 saturated carbocycles. The van der Waals surface area contributed by atoms with Crippen LogP contribution in [-0.2, 0) is 33.6 Å². The van der Waals surface area contributed by atoms with E-state index in [4.69, 9.17) is 12.0 Å². The zero-order chi connectivity index (χ0) is 43.6. The summed E-state index contributed by atoms with van der Waals surface area (Å²) in [5.41, 5.74) is -4.71. The van der Waals surface area contributed by atoms with E-state index in [-0.39, 0.29) is 18.8 Å². The molecule has 1 aromatic heterocycles. The van der Waals surface area contributed by atoms with Gasteiger partial charge in [-0.15, -0.1) is 0 Å². The van der Waals surface area contributed by atoms with Crippen LogP contribution in [0.1, 0.15) is 88.0 Å². The van der Waals surface area contributed by atoms with Gasteiger partial charge >= 0.3 is 349 Å². The van der Waals surface area contributed by atoms with E-state index in [0.29, 0.717) is 30.0 Å². The number of carbonyl (C=O) groups is 4. The summed E-state index contributed by atoms with van der Waals surface area (Å²) in [6, 6.07) is 2.75. The van der Waals surface area contributed by atoms with Crippen molar-refractivity contribution in [2.45, 2.75) is 127 Å². The fourth-order valence-electron chi connectivity index (χ4n) is 6.17. The Morgan fingerprint density at radius 3 is 2.31 bits per heavy atom. The number of aromatic nitrogens is 1. The predicted molar refractivity (Wildman–Crippen MR) is 202 cm³/mol.